The summed E-state index contributed by atoms with van der Waals surface area (Å²) in [6.45, 7) is 7.99. The lowest BCUT2D eigenvalue weighted by Gasteiger charge is -2.12. The number of aliphatic hydroxyl groups is 1. The molecule has 1 N–H and O–H groups in total. The van der Waals surface area contributed by atoms with E-state index in [9.17, 15) is 4.79 Å². The largest absolute Gasteiger partial charge is 0.491 e. The van der Waals surface area contributed by atoms with Gasteiger partial charge in [0.15, 0.2) is 0 Å². The van der Waals surface area contributed by atoms with E-state index in [-0.39, 0.29) is 26.4 Å². The van der Waals surface area contributed by atoms with Crippen molar-refractivity contribution in [3.05, 3.63) is 84.4 Å². The van der Waals surface area contributed by atoms with Crippen molar-refractivity contribution in [2.24, 2.45) is 0 Å². The first kappa shape index (κ1) is 23.1. The summed E-state index contributed by atoms with van der Waals surface area (Å²) < 4.78 is 16.2. The number of ether oxygens (including phenoxy) is 3. The Morgan fingerprint density at radius 2 is 1.53 bits per heavy atom. The molecule has 0 radical (unpaired) electrons. The molecule has 5 heteroatoms. The number of hydrogen-bond donors (Lipinski definition) is 1. The molecule has 0 unspecified atom stereocenters. The molecule has 0 saturated heterocycles. The number of aliphatic hydroxyl groups excluding tert-OH is 1. The molecule has 0 heterocycles. The maximum absolute atomic E-state index is 11.4. The third-order valence-corrected chi connectivity index (χ3v) is 4.85. The van der Waals surface area contributed by atoms with E-state index in [1.54, 1.807) is 6.92 Å². The van der Waals surface area contributed by atoms with Gasteiger partial charge in [-0.15, -0.1) is 0 Å². The van der Waals surface area contributed by atoms with Gasteiger partial charge >= 0.3 is 5.97 Å². The molecule has 0 aliphatic carbocycles. The van der Waals surface area contributed by atoms with Gasteiger partial charge in [0.1, 0.15) is 31.3 Å². The molecule has 3 aromatic rings. The number of rotatable bonds is 10. The van der Waals surface area contributed by atoms with Crippen LogP contribution in [0, 0.1) is 6.92 Å². The molecule has 0 amide bonds. The van der Waals surface area contributed by atoms with Crippen LogP contribution in [0.4, 0.5) is 0 Å². The van der Waals surface area contributed by atoms with Crippen molar-refractivity contribution in [1.29, 1.82) is 0 Å². The molecular formula is C27H28O5. The molecular weight excluding hydrogens is 404 g/mol. The van der Waals surface area contributed by atoms with Gasteiger partial charge in [0.2, 0.25) is 0 Å². The molecule has 5 nitrogen and oxygen atoms in total. The van der Waals surface area contributed by atoms with E-state index in [1.807, 2.05) is 48.5 Å². The molecule has 3 aromatic carbocycles. The highest BCUT2D eigenvalue weighted by molar-refractivity contribution is 5.86. The van der Waals surface area contributed by atoms with E-state index in [2.05, 4.69) is 31.7 Å². The van der Waals surface area contributed by atoms with Gasteiger partial charge in [-0.2, -0.15) is 0 Å². The average Bonchev–Trinajstić information content (AvgIpc) is 2.81. The molecule has 0 bridgehead atoms. The van der Waals surface area contributed by atoms with Gasteiger partial charge in [-0.1, -0.05) is 49.0 Å². The van der Waals surface area contributed by atoms with E-state index in [4.69, 9.17) is 19.3 Å². The minimum Gasteiger partial charge on any atom is -0.491 e. The molecule has 3 rings (SSSR count). The monoisotopic (exact) mass is 432 g/mol. The van der Waals surface area contributed by atoms with Crippen molar-refractivity contribution in [2.75, 3.05) is 26.4 Å². The van der Waals surface area contributed by atoms with E-state index < -0.39 is 5.97 Å². The zero-order chi connectivity index (χ0) is 22.9. The van der Waals surface area contributed by atoms with Crippen LogP contribution in [0.3, 0.4) is 0 Å². The fourth-order valence-electron chi connectivity index (χ4n) is 3.24. The SMILES string of the molecule is C=C(C)C(=O)OCCOc1cccc(-c2ccc(-c3ccc(OCCO)cc3)c(C)c2)c1. The van der Waals surface area contributed by atoms with E-state index in [0.717, 1.165) is 33.6 Å². The standard InChI is InChI=1S/C27H28O5/c1-19(2)27(29)32-16-15-31-25-6-4-5-22(18-25)23-9-12-26(20(3)17-23)21-7-10-24(11-8-21)30-14-13-28/h4-12,17-18,28H,1,13-16H2,2-3H3. The summed E-state index contributed by atoms with van der Waals surface area (Å²) in [4.78, 5) is 11.4. The Morgan fingerprint density at radius 3 is 2.22 bits per heavy atom. The quantitative estimate of drug-likeness (QED) is 0.271. The van der Waals surface area contributed by atoms with Gasteiger partial charge in [0.05, 0.1) is 6.61 Å². The van der Waals surface area contributed by atoms with Crippen molar-refractivity contribution in [1.82, 2.24) is 0 Å². The summed E-state index contributed by atoms with van der Waals surface area (Å²) in [5.74, 6) is 1.04. The zero-order valence-electron chi connectivity index (χ0n) is 18.5. The topological polar surface area (TPSA) is 65.0 Å². The number of aryl methyl sites for hydroxylation is 1. The Balaban J connectivity index is 1.67. The highest BCUT2D eigenvalue weighted by atomic mass is 16.6. The second-order valence-electron chi connectivity index (χ2n) is 7.42. The van der Waals surface area contributed by atoms with Gasteiger partial charge in [0.25, 0.3) is 0 Å². The summed E-state index contributed by atoms with van der Waals surface area (Å²) in [5, 5.41) is 8.87. The van der Waals surface area contributed by atoms with Crippen molar-refractivity contribution in [3.8, 4) is 33.8 Å². The Kier molecular flexibility index (Phi) is 8.06. The van der Waals surface area contributed by atoms with Crippen molar-refractivity contribution >= 4 is 5.97 Å². The predicted octanol–water partition coefficient (Wildman–Crippen LogP) is 5.20. The Labute approximate surface area is 188 Å². The maximum atomic E-state index is 11.4. The first-order valence-corrected chi connectivity index (χ1v) is 10.5. The number of carbonyl (C=O) groups is 1. The van der Waals surface area contributed by atoms with Gasteiger partial charge in [-0.05, 0) is 65.9 Å². The molecule has 0 aliphatic heterocycles. The minimum atomic E-state index is -0.412. The molecule has 166 valence electrons. The summed E-state index contributed by atoms with van der Waals surface area (Å²) in [6, 6.07) is 22.0. The van der Waals surface area contributed by atoms with Crippen LogP contribution in [0.25, 0.3) is 22.3 Å². The Hall–Kier alpha value is -3.57. The maximum Gasteiger partial charge on any atom is 0.333 e. The highest BCUT2D eigenvalue weighted by Crippen LogP contribution is 2.31. The van der Waals surface area contributed by atoms with Crippen LogP contribution < -0.4 is 9.47 Å². The fourth-order valence-corrected chi connectivity index (χ4v) is 3.24. The second-order valence-corrected chi connectivity index (χ2v) is 7.42. The number of benzene rings is 3. The first-order chi connectivity index (χ1) is 15.5. The van der Waals surface area contributed by atoms with Crippen molar-refractivity contribution < 1.29 is 24.1 Å². The van der Waals surface area contributed by atoms with E-state index >= 15 is 0 Å². The number of hydrogen-bond acceptors (Lipinski definition) is 5. The van der Waals surface area contributed by atoms with Gasteiger partial charge in [-0.25, -0.2) is 4.79 Å². The minimum absolute atomic E-state index is 0.00295. The molecule has 0 saturated carbocycles. The second kappa shape index (κ2) is 11.2. The summed E-state index contributed by atoms with van der Waals surface area (Å²) in [7, 11) is 0. The van der Waals surface area contributed by atoms with Crippen LogP contribution >= 0.6 is 0 Å². The summed E-state index contributed by atoms with van der Waals surface area (Å²) in [5.41, 5.74) is 5.92. The van der Waals surface area contributed by atoms with Crippen LogP contribution in [0.5, 0.6) is 11.5 Å². The summed E-state index contributed by atoms with van der Waals surface area (Å²) >= 11 is 0. The Bertz CT molecular complexity index is 1070. The molecule has 0 aliphatic rings. The van der Waals surface area contributed by atoms with Crippen LogP contribution in [0.2, 0.25) is 0 Å². The molecule has 0 atom stereocenters. The predicted molar refractivity (Wildman–Crippen MR) is 126 cm³/mol. The number of esters is 1. The molecule has 0 aromatic heterocycles. The van der Waals surface area contributed by atoms with Crippen LogP contribution in [-0.2, 0) is 9.53 Å². The van der Waals surface area contributed by atoms with Gasteiger partial charge in [-0.3, -0.25) is 0 Å². The average molecular weight is 433 g/mol. The van der Waals surface area contributed by atoms with Crippen LogP contribution in [0.15, 0.2) is 78.9 Å². The molecule has 0 fully saturated rings. The van der Waals surface area contributed by atoms with E-state index in [0.29, 0.717) is 11.3 Å². The normalized spacial score (nSPS) is 10.5. The zero-order valence-corrected chi connectivity index (χ0v) is 18.5. The van der Waals surface area contributed by atoms with Crippen molar-refractivity contribution in [3.63, 3.8) is 0 Å². The Morgan fingerprint density at radius 1 is 0.844 bits per heavy atom. The van der Waals surface area contributed by atoms with Crippen LogP contribution in [0.1, 0.15) is 12.5 Å². The highest BCUT2D eigenvalue weighted by Gasteiger charge is 2.07. The fraction of sp³-hybridized carbons (Fsp3) is 0.222. The molecule has 32 heavy (non-hydrogen) atoms. The smallest absolute Gasteiger partial charge is 0.333 e. The lowest BCUT2D eigenvalue weighted by atomic mass is 9.95. The lowest BCUT2D eigenvalue weighted by Crippen LogP contribution is -2.12. The van der Waals surface area contributed by atoms with Gasteiger partial charge in [0, 0.05) is 5.57 Å². The van der Waals surface area contributed by atoms with Gasteiger partial charge < -0.3 is 19.3 Å². The first-order valence-electron chi connectivity index (χ1n) is 10.5. The third kappa shape index (κ3) is 6.22. The summed E-state index contributed by atoms with van der Waals surface area (Å²) in [6.07, 6.45) is 0. The number of carbonyl (C=O) groups excluding carboxylic acids is 1. The molecule has 0 spiro atoms. The lowest BCUT2D eigenvalue weighted by molar-refractivity contribution is -0.139. The third-order valence-electron chi connectivity index (χ3n) is 4.85. The van der Waals surface area contributed by atoms with Crippen LogP contribution in [-0.4, -0.2) is 37.5 Å². The van der Waals surface area contributed by atoms with E-state index in [1.165, 1.54) is 0 Å². The van der Waals surface area contributed by atoms with Crippen molar-refractivity contribution in [2.45, 2.75) is 13.8 Å².